The van der Waals surface area contributed by atoms with Gasteiger partial charge in [-0.05, 0) is 0 Å². The number of rotatable bonds is 6. The third kappa shape index (κ3) is 4.24. The molecule has 6 heteroatoms. The Morgan fingerprint density at radius 1 is 1.42 bits per heavy atom. The van der Waals surface area contributed by atoms with E-state index < -0.39 is 31.6 Å². The molecule has 72 valence electrons. The number of carboxylic acids is 1. The lowest BCUT2D eigenvalue weighted by molar-refractivity contribution is -0.160. The van der Waals surface area contributed by atoms with Gasteiger partial charge in [-0.2, -0.15) is 0 Å². The lowest BCUT2D eigenvalue weighted by Gasteiger charge is -2.14. The predicted octanol–water partition coefficient (Wildman–Crippen LogP) is -1.85. The minimum absolute atomic E-state index is 0.244. The summed E-state index contributed by atoms with van der Waals surface area (Å²) in [6.07, 6.45) is -2.67. The Balaban J connectivity index is 3.86. The molecule has 0 aliphatic rings. The summed E-state index contributed by atoms with van der Waals surface area (Å²) in [5, 5.41) is 33.9. The van der Waals surface area contributed by atoms with Crippen LogP contribution in [0.3, 0.4) is 0 Å². The molecular weight excluding hydrogens is 168 g/mol. The number of aliphatic hydroxyl groups excluding tert-OH is 3. The van der Waals surface area contributed by atoms with E-state index in [1.165, 1.54) is 0 Å². The zero-order valence-electron chi connectivity index (χ0n) is 6.38. The van der Waals surface area contributed by atoms with Gasteiger partial charge < -0.3 is 25.2 Å². The van der Waals surface area contributed by atoms with Gasteiger partial charge in [-0.3, -0.25) is 0 Å². The van der Waals surface area contributed by atoms with Crippen molar-refractivity contribution in [1.82, 2.24) is 0 Å². The van der Waals surface area contributed by atoms with Crippen LogP contribution in [0.4, 0.5) is 0 Å². The van der Waals surface area contributed by atoms with E-state index in [-0.39, 0.29) is 6.42 Å². The molecular formula is C6H12O6. The highest BCUT2D eigenvalue weighted by Crippen LogP contribution is 2.02. The summed E-state index contributed by atoms with van der Waals surface area (Å²) in [5.74, 6) is -1.28. The first kappa shape index (κ1) is 11.3. The summed E-state index contributed by atoms with van der Waals surface area (Å²) in [6.45, 7) is -1.26. The van der Waals surface area contributed by atoms with Crippen molar-refractivity contribution in [2.45, 2.75) is 18.6 Å². The average Bonchev–Trinajstić information content (AvgIpc) is 2.03. The Kier molecular flexibility index (Phi) is 5.56. The Labute approximate surface area is 69.0 Å². The summed E-state index contributed by atoms with van der Waals surface area (Å²) < 4.78 is 4.36. The van der Waals surface area contributed by atoms with Gasteiger partial charge in [-0.15, -0.1) is 0 Å². The van der Waals surface area contributed by atoms with Crippen molar-refractivity contribution < 1.29 is 30.0 Å². The summed E-state index contributed by atoms with van der Waals surface area (Å²) >= 11 is 0. The maximum absolute atomic E-state index is 10.3. The minimum atomic E-state index is -1.28. The van der Waals surface area contributed by atoms with Crippen molar-refractivity contribution in [2.24, 2.45) is 0 Å². The molecule has 0 rings (SSSR count). The molecule has 0 saturated heterocycles. The summed E-state index contributed by atoms with van der Waals surface area (Å²) in [7, 11) is 0. The second-order valence-electron chi connectivity index (χ2n) is 2.19. The summed E-state index contributed by atoms with van der Waals surface area (Å²) in [5.41, 5.74) is 0. The van der Waals surface area contributed by atoms with Gasteiger partial charge in [0.05, 0.1) is 12.7 Å². The topological polar surface area (TPSA) is 107 Å². The molecule has 0 aromatic carbocycles. The molecule has 0 amide bonds. The molecule has 0 aromatic heterocycles. The van der Waals surface area contributed by atoms with Crippen LogP contribution in [-0.2, 0) is 9.53 Å². The molecule has 4 N–H and O–H groups in total. The van der Waals surface area contributed by atoms with Crippen molar-refractivity contribution in [3.05, 3.63) is 0 Å². The monoisotopic (exact) mass is 180 g/mol. The fourth-order valence-electron chi connectivity index (χ4n) is 0.652. The molecule has 0 heterocycles. The molecule has 0 aliphatic heterocycles. The van der Waals surface area contributed by atoms with Crippen LogP contribution in [0.25, 0.3) is 0 Å². The first-order valence-electron chi connectivity index (χ1n) is 3.36. The SMILES string of the molecule is O=C(O)C(CC(O)CO)OCO. The van der Waals surface area contributed by atoms with Crippen LogP contribution in [-0.4, -0.2) is 52.0 Å². The number of hydrogen-bond donors (Lipinski definition) is 4. The standard InChI is InChI=1S/C6H12O6/c7-2-4(9)1-5(6(10)11)12-3-8/h4-5,7-9H,1-3H2,(H,10,11). The van der Waals surface area contributed by atoms with Gasteiger partial charge in [-0.1, -0.05) is 0 Å². The zero-order chi connectivity index (χ0) is 9.56. The normalized spacial score (nSPS) is 15.6. The number of carboxylic acid groups (broad SMARTS) is 1. The van der Waals surface area contributed by atoms with E-state index in [1.54, 1.807) is 0 Å². The molecule has 12 heavy (non-hydrogen) atoms. The van der Waals surface area contributed by atoms with Crippen molar-refractivity contribution >= 4 is 5.97 Å². The van der Waals surface area contributed by atoms with E-state index in [9.17, 15) is 4.79 Å². The molecule has 0 aromatic rings. The number of carbonyl (C=O) groups is 1. The lowest BCUT2D eigenvalue weighted by atomic mass is 10.1. The molecule has 0 saturated carbocycles. The van der Waals surface area contributed by atoms with Gasteiger partial charge in [0.2, 0.25) is 0 Å². The first-order chi connectivity index (χ1) is 5.61. The largest absolute Gasteiger partial charge is 0.479 e. The van der Waals surface area contributed by atoms with Crippen LogP contribution in [0.5, 0.6) is 0 Å². The highest BCUT2D eigenvalue weighted by atomic mass is 16.6. The van der Waals surface area contributed by atoms with Crippen LogP contribution in [0.15, 0.2) is 0 Å². The van der Waals surface area contributed by atoms with Crippen LogP contribution >= 0.6 is 0 Å². The lowest BCUT2D eigenvalue weighted by Crippen LogP contribution is -2.30. The molecule has 0 radical (unpaired) electrons. The van der Waals surface area contributed by atoms with Gasteiger partial charge in [0.15, 0.2) is 6.10 Å². The van der Waals surface area contributed by atoms with Crippen molar-refractivity contribution in [3.63, 3.8) is 0 Å². The van der Waals surface area contributed by atoms with Gasteiger partial charge >= 0.3 is 5.97 Å². The van der Waals surface area contributed by atoms with E-state index in [0.717, 1.165) is 0 Å². The van der Waals surface area contributed by atoms with Gasteiger partial charge in [-0.25, -0.2) is 4.79 Å². The second kappa shape index (κ2) is 5.90. The third-order valence-electron chi connectivity index (χ3n) is 1.25. The smallest absolute Gasteiger partial charge is 0.333 e. The third-order valence-corrected chi connectivity index (χ3v) is 1.25. The molecule has 0 spiro atoms. The maximum atomic E-state index is 10.3. The van der Waals surface area contributed by atoms with Crippen LogP contribution in [0.1, 0.15) is 6.42 Å². The van der Waals surface area contributed by atoms with E-state index >= 15 is 0 Å². The Morgan fingerprint density at radius 3 is 2.33 bits per heavy atom. The zero-order valence-corrected chi connectivity index (χ0v) is 6.38. The minimum Gasteiger partial charge on any atom is -0.479 e. The molecule has 2 atom stereocenters. The molecule has 0 bridgehead atoms. The first-order valence-corrected chi connectivity index (χ1v) is 3.36. The fourth-order valence-corrected chi connectivity index (χ4v) is 0.652. The van der Waals surface area contributed by atoms with E-state index in [0.29, 0.717) is 0 Å². The van der Waals surface area contributed by atoms with E-state index in [4.69, 9.17) is 20.4 Å². The fraction of sp³-hybridized carbons (Fsp3) is 0.833. The summed E-state index contributed by atoms with van der Waals surface area (Å²) in [6, 6.07) is 0. The van der Waals surface area contributed by atoms with E-state index in [2.05, 4.69) is 4.74 Å². The predicted molar refractivity (Wildman–Crippen MR) is 37.3 cm³/mol. The van der Waals surface area contributed by atoms with Crippen molar-refractivity contribution in [2.75, 3.05) is 13.4 Å². The quantitative estimate of drug-likeness (QED) is 0.357. The van der Waals surface area contributed by atoms with Gasteiger partial charge in [0.25, 0.3) is 0 Å². The van der Waals surface area contributed by atoms with Gasteiger partial charge in [0, 0.05) is 6.42 Å². The van der Waals surface area contributed by atoms with Crippen molar-refractivity contribution in [3.8, 4) is 0 Å². The van der Waals surface area contributed by atoms with Crippen molar-refractivity contribution in [1.29, 1.82) is 0 Å². The van der Waals surface area contributed by atoms with E-state index in [1.807, 2.05) is 0 Å². The number of hydrogen-bond acceptors (Lipinski definition) is 5. The Bertz CT molecular complexity index is 136. The van der Waals surface area contributed by atoms with Crippen LogP contribution < -0.4 is 0 Å². The molecule has 2 unspecified atom stereocenters. The Morgan fingerprint density at radius 2 is 2.00 bits per heavy atom. The molecule has 0 fully saturated rings. The summed E-state index contributed by atoms with van der Waals surface area (Å²) in [4.78, 5) is 10.3. The highest BCUT2D eigenvalue weighted by Gasteiger charge is 2.21. The van der Waals surface area contributed by atoms with Crippen LogP contribution in [0, 0.1) is 0 Å². The number of aliphatic carboxylic acids is 1. The second-order valence-corrected chi connectivity index (χ2v) is 2.19. The Hall–Kier alpha value is -0.690. The highest BCUT2D eigenvalue weighted by molar-refractivity contribution is 5.72. The van der Waals surface area contributed by atoms with Gasteiger partial charge in [0.1, 0.15) is 6.79 Å². The number of ether oxygens (including phenoxy) is 1. The molecule has 6 nitrogen and oxygen atoms in total. The molecule has 0 aliphatic carbocycles. The van der Waals surface area contributed by atoms with Crippen LogP contribution in [0.2, 0.25) is 0 Å². The maximum Gasteiger partial charge on any atom is 0.333 e. The average molecular weight is 180 g/mol. The number of aliphatic hydroxyl groups is 3.